The average Bonchev–Trinajstić information content (AvgIpc) is 2.35. The molecule has 0 fully saturated rings. The predicted molar refractivity (Wildman–Crippen MR) is 86.9 cm³/mol. The summed E-state index contributed by atoms with van der Waals surface area (Å²) >= 11 is 3.60. The van der Waals surface area contributed by atoms with Crippen LogP contribution in [-0.2, 0) is 9.47 Å². The van der Waals surface area contributed by atoms with Crippen LogP contribution in [0.5, 0.6) is 0 Å². The topological polar surface area (TPSA) is 18.5 Å². The van der Waals surface area contributed by atoms with Crippen LogP contribution >= 0.6 is 15.9 Å². The molecule has 2 nitrogen and oxygen atoms in total. The van der Waals surface area contributed by atoms with E-state index in [1.165, 1.54) is 44.9 Å². The maximum atomic E-state index is 5.48. The third-order valence-electron chi connectivity index (χ3n) is 3.27. The van der Waals surface area contributed by atoms with Crippen LogP contribution in [0.1, 0.15) is 72.1 Å². The lowest BCUT2D eigenvalue weighted by molar-refractivity contribution is -0.0560. The Morgan fingerprint density at radius 1 is 0.895 bits per heavy atom. The van der Waals surface area contributed by atoms with E-state index in [2.05, 4.69) is 36.7 Å². The molecule has 2 atom stereocenters. The molecular weight excluding hydrogens is 304 g/mol. The van der Waals surface area contributed by atoms with Crippen molar-refractivity contribution >= 4 is 15.9 Å². The summed E-state index contributed by atoms with van der Waals surface area (Å²) in [7, 11) is 0. The molecule has 0 aromatic carbocycles. The first kappa shape index (κ1) is 19.4. The van der Waals surface area contributed by atoms with Crippen molar-refractivity contribution in [1.82, 2.24) is 0 Å². The summed E-state index contributed by atoms with van der Waals surface area (Å²) in [6.07, 6.45) is 10.1. The maximum absolute atomic E-state index is 5.48. The van der Waals surface area contributed by atoms with Crippen molar-refractivity contribution in [3.63, 3.8) is 0 Å². The van der Waals surface area contributed by atoms with E-state index in [1.807, 2.05) is 0 Å². The fourth-order valence-corrected chi connectivity index (χ4v) is 2.83. The van der Waals surface area contributed by atoms with Crippen molar-refractivity contribution in [3.8, 4) is 0 Å². The Hall–Kier alpha value is 0.400. The van der Waals surface area contributed by atoms with Crippen LogP contribution in [0, 0.1) is 5.92 Å². The number of halogens is 1. The summed E-state index contributed by atoms with van der Waals surface area (Å²) in [5.41, 5.74) is 0. The molecule has 116 valence electrons. The summed E-state index contributed by atoms with van der Waals surface area (Å²) in [6, 6.07) is 0. The molecular formula is C16H33BrO2. The van der Waals surface area contributed by atoms with Crippen LogP contribution in [0.4, 0.5) is 0 Å². The highest BCUT2D eigenvalue weighted by Crippen LogP contribution is 2.16. The van der Waals surface area contributed by atoms with Crippen LogP contribution in [-0.4, -0.2) is 24.8 Å². The normalized spacial score (nSPS) is 14.5. The zero-order valence-electron chi connectivity index (χ0n) is 13.1. The number of rotatable bonds is 14. The minimum absolute atomic E-state index is 0.469. The average molecular weight is 337 g/mol. The summed E-state index contributed by atoms with van der Waals surface area (Å²) in [6.45, 7) is 8.91. The lowest BCUT2D eigenvalue weighted by Gasteiger charge is -2.12. The molecule has 0 rings (SSSR count). The third-order valence-corrected chi connectivity index (χ3v) is 3.65. The first-order chi connectivity index (χ1) is 9.16. The Balaban J connectivity index is 3.06. The first-order valence-corrected chi connectivity index (χ1v) is 8.88. The largest absolute Gasteiger partial charge is 0.355 e. The van der Waals surface area contributed by atoms with E-state index in [9.17, 15) is 0 Å². The van der Waals surface area contributed by atoms with E-state index < -0.39 is 0 Å². The van der Waals surface area contributed by atoms with Gasteiger partial charge >= 0.3 is 0 Å². The molecule has 0 aromatic heterocycles. The summed E-state index contributed by atoms with van der Waals surface area (Å²) in [5.74, 6) is 0.775. The van der Waals surface area contributed by atoms with Gasteiger partial charge in [0.2, 0.25) is 0 Å². The van der Waals surface area contributed by atoms with E-state index in [-0.39, 0.29) is 0 Å². The van der Waals surface area contributed by atoms with Gasteiger partial charge in [0.05, 0.1) is 0 Å². The van der Waals surface area contributed by atoms with Gasteiger partial charge in [-0.05, 0) is 31.6 Å². The molecule has 3 heteroatoms. The van der Waals surface area contributed by atoms with Crippen molar-refractivity contribution in [2.45, 2.75) is 77.0 Å². The highest BCUT2D eigenvalue weighted by atomic mass is 79.9. The second kappa shape index (κ2) is 14.8. The Labute approximate surface area is 128 Å². The van der Waals surface area contributed by atoms with Gasteiger partial charge in [-0.2, -0.15) is 0 Å². The third kappa shape index (κ3) is 16.3. The molecule has 0 saturated heterocycles. The molecule has 0 heterocycles. The second-order valence-electron chi connectivity index (χ2n) is 5.61. The number of hydrogen-bond donors (Lipinski definition) is 0. The van der Waals surface area contributed by atoms with Gasteiger partial charge in [-0.15, -0.1) is 0 Å². The summed E-state index contributed by atoms with van der Waals surface area (Å²) in [4.78, 5) is 0.624. The van der Waals surface area contributed by atoms with Gasteiger partial charge < -0.3 is 9.47 Å². The lowest BCUT2D eigenvalue weighted by Crippen LogP contribution is -2.06. The molecule has 0 bridgehead atoms. The molecule has 0 saturated carbocycles. The second-order valence-corrected chi connectivity index (χ2v) is 7.18. The van der Waals surface area contributed by atoms with Gasteiger partial charge in [-0.1, -0.05) is 62.4 Å². The fraction of sp³-hybridized carbons (Fsp3) is 1.00. The smallest absolute Gasteiger partial charge is 0.146 e. The maximum Gasteiger partial charge on any atom is 0.146 e. The Bertz CT molecular complexity index is 174. The van der Waals surface area contributed by atoms with Crippen LogP contribution in [0.3, 0.4) is 0 Å². The van der Waals surface area contributed by atoms with Crippen LogP contribution < -0.4 is 0 Å². The molecule has 0 aliphatic rings. The van der Waals surface area contributed by atoms with Gasteiger partial charge in [-0.25, -0.2) is 0 Å². The minimum atomic E-state index is 0.469. The minimum Gasteiger partial charge on any atom is -0.355 e. The molecule has 0 amide bonds. The van der Waals surface area contributed by atoms with E-state index in [1.54, 1.807) is 0 Å². The van der Waals surface area contributed by atoms with Gasteiger partial charge in [0.25, 0.3) is 0 Å². The highest BCUT2D eigenvalue weighted by molar-refractivity contribution is 9.09. The van der Waals surface area contributed by atoms with Crippen molar-refractivity contribution in [1.29, 1.82) is 0 Å². The van der Waals surface area contributed by atoms with Crippen molar-refractivity contribution in [3.05, 3.63) is 0 Å². The fourth-order valence-electron chi connectivity index (χ4n) is 2.19. The quantitative estimate of drug-likeness (QED) is 0.235. The Morgan fingerprint density at radius 3 is 2.16 bits per heavy atom. The first-order valence-electron chi connectivity index (χ1n) is 7.96. The number of hydrogen-bond acceptors (Lipinski definition) is 2. The predicted octanol–water partition coefficient (Wildman–Crippen LogP) is 5.54. The number of alkyl halides is 1. The van der Waals surface area contributed by atoms with E-state index in [0.717, 1.165) is 25.6 Å². The standard InChI is InChI=1S/C16H33BrO2/c1-4-5-6-7-8-11-18-14-19-12-9-10-15(2)13-16(3)17/h15-16H,4-14H2,1-3H3. The summed E-state index contributed by atoms with van der Waals surface area (Å²) in [5, 5.41) is 0. The lowest BCUT2D eigenvalue weighted by atomic mass is 10.0. The number of ether oxygens (including phenoxy) is 2. The summed E-state index contributed by atoms with van der Waals surface area (Å²) < 4.78 is 10.9. The molecule has 0 aliphatic heterocycles. The van der Waals surface area contributed by atoms with Crippen LogP contribution in [0.15, 0.2) is 0 Å². The SMILES string of the molecule is CCCCCCCOCOCCCC(C)CC(C)Br. The van der Waals surface area contributed by atoms with Gasteiger partial charge in [0.1, 0.15) is 6.79 Å². The van der Waals surface area contributed by atoms with Crippen LogP contribution in [0.25, 0.3) is 0 Å². The number of unbranched alkanes of at least 4 members (excludes halogenated alkanes) is 4. The molecule has 0 spiro atoms. The van der Waals surface area contributed by atoms with E-state index in [4.69, 9.17) is 9.47 Å². The van der Waals surface area contributed by atoms with Crippen molar-refractivity contribution < 1.29 is 9.47 Å². The zero-order valence-corrected chi connectivity index (χ0v) is 14.7. The van der Waals surface area contributed by atoms with Gasteiger partial charge in [0.15, 0.2) is 0 Å². The van der Waals surface area contributed by atoms with E-state index >= 15 is 0 Å². The van der Waals surface area contributed by atoms with Gasteiger partial charge in [0, 0.05) is 18.0 Å². The molecule has 0 radical (unpaired) electrons. The zero-order chi connectivity index (χ0) is 14.3. The highest BCUT2D eigenvalue weighted by Gasteiger charge is 2.05. The van der Waals surface area contributed by atoms with Gasteiger partial charge in [-0.3, -0.25) is 0 Å². The Morgan fingerprint density at radius 2 is 1.53 bits per heavy atom. The van der Waals surface area contributed by atoms with Crippen molar-refractivity contribution in [2.24, 2.45) is 5.92 Å². The van der Waals surface area contributed by atoms with E-state index in [0.29, 0.717) is 11.6 Å². The van der Waals surface area contributed by atoms with Crippen molar-refractivity contribution in [2.75, 3.05) is 20.0 Å². The van der Waals surface area contributed by atoms with Crippen LogP contribution in [0.2, 0.25) is 0 Å². The molecule has 19 heavy (non-hydrogen) atoms. The molecule has 0 aliphatic carbocycles. The molecule has 2 unspecified atom stereocenters. The molecule has 0 aromatic rings. The monoisotopic (exact) mass is 336 g/mol. The molecule has 0 N–H and O–H groups in total. The Kier molecular flexibility index (Phi) is 15.1.